The lowest BCUT2D eigenvalue weighted by molar-refractivity contribution is -0.384. The summed E-state index contributed by atoms with van der Waals surface area (Å²) in [7, 11) is 0. The minimum absolute atomic E-state index is 0.0141. The highest BCUT2D eigenvalue weighted by atomic mass is 16.7. The van der Waals surface area contributed by atoms with E-state index in [0.717, 1.165) is 21.9 Å². The van der Waals surface area contributed by atoms with Crippen LogP contribution in [0, 0.1) is 10.1 Å². The zero-order chi connectivity index (χ0) is 23.4. The predicted octanol–water partition coefficient (Wildman–Crippen LogP) is 4.17. The Morgan fingerprint density at radius 1 is 0.971 bits per heavy atom. The van der Waals surface area contributed by atoms with Crippen molar-refractivity contribution in [2.24, 2.45) is 0 Å². The van der Waals surface area contributed by atoms with Crippen LogP contribution in [0.25, 0.3) is 23.1 Å². The molecule has 166 valence electrons. The number of nitrogens with zero attached hydrogens (tertiary/aromatic N) is 3. The number of amides is 2. The maximum atomic E-state index is 13.2. The Morgan fingerprint density at radius 3 is 2.56 bits per heavy atom. The summed E-state index contributed by atoms with van der Waals surface area (Å²) in [4.78, 5) is 37.9. The fourth-order valence-electron chi connectivity index (χ4n) is 4.12. The van der Waals surface area contributed by atoms with Gasteiger partial charge in [-0.3, -0.25) is 24.8 Å². The van der Waals surface area contributed by atoms with Gasteiger partial charge in [0, 0.05) is 29.1 Å². The molecule has 10 nitrogen and oxygen atoms in total. The summed E-state index contributed by atoms with van der Waals surface area (Å²) >= 11 is 0. The second-order valence-electron chi connectivity index (χ2n) is 7.68. The number of carbonyl (C=O) groups excluding carboxylic acids is 2. The molecule has 2 amide bonds. The maximum absolute atomic E-state index is 13.2. The lowest BCUT2D eigenvalue weighted by Crippen LogP contribution is -2.30. The normalized spacial score (nSPS) is 14.4. The number of nitro groups is 1. The van der Waals surface area contributed by atoms with Gasteiger partial charge in [0.05, 0.1) is 32.9 Å². The first-order chi connectivity index (χ1) is 16.5. The molecule has 10 heteroatoms. The Kier molecular flexibility index (Phi) is 4.21. The molecule has 0 radical (unpaired) electrons. The van der Waals surface area contributed by atoms with Gasteiger partial charge in [0.1, 0.15) is 0 Å². The van der Waals surface area contributed by atoms with Crippen molar-refractivity contribution in [1.82, 2.24) is 10.2 Å². The molecule has 2 aliphatic rings. The Morgan fingerprint density at radius 2 is 1.74 bits per heavy atom. The highest BCUT2D eigenvalue weighted by molar-refractivity contribution is 6.35. The van der Waals surface area contributed by atoms with Crippen molar-refractivity contribution in [3.05, 3.63) is 87.1 Å². The van der Waals surface area contributed by atoms with E-state index in [1.54, 1.807) is 24.3 Å². The molecule has 0 saturated carbocycles. The highest BCUT2D eigenvalue weighted by Crippen LogP contribution is 2.42. The summed E-state index contributed by atoms with van der Waals surface area (Å²) in [5.74, 6) is -0.362. The summed E-state index contributed by atoms with van der Waals surface area (Å²) in [5, 5.41) is 19.3. The molecule has 0 unspecified atom stereocenters. The van der Waals surface area contributed by atoms with Gasteiger partial charge in [-0.05, 0) is 24.3 Å². The Labute approximate surface area is 191 Å². The van der Waals surface area contributed by atoms with E-state index in [1.807, 2.05) is 24.3 Å². The van der Waals surface area contributed by atoms with Gasteiger partial charge in [-0.25, -0.2) is 4.90 Å². The van der Waals surface area contributed by atoms with Gasteiger partial charge in [-0.1, -0.05) is 24.3 Å². The van der Waals surface area contributed by atoms with Crippen molar-refractivity contribution in [3.8, 4) is 11.5 Å². The van der Waals surface area contributed by atoms with Crippen molar-refractivity contribution in [2.45, 2.75) is 0 Å². The molecule has 0 atom stereocenters. The Balaban J connectivity index is 1.46. The molecule has 0 aliphatic carbocycles. The van der Waals surface area contributed by atoms with Gasteiger partial charge in [-0.15, -0.1) is 0 Å². The van der Waals surface area contributed by atoms with Crippen LogP contribution in [-0.2, 0) is 0 Å². The Hall–Kier alpha value is -4.99. The van der Waals surface area contributed by atoms with E-state index in [0.29, 0.717) is 22.8 Å². The number of nitrogens with one attached hydrogen (secondary N) is 1. The summed E-state index contributed by atoms with van der Waals surface area (Å²) in [6.45, 7) is 0.0141. The van der Waals surface area contributed by atoms with E-state index >= 15 is 0 Å². The van der Waals surface area contributed by atoms with E-state index < -0.39 is 16.7 Å². The third-order valence-electron chi connectivity index (χ3n) is 5.76. The molecule has 0 spiro atoms. The summed E-state index contributed by atoms with van der Waals surface area (Å²) in [6, 6.07) is 14.5. The second kappa shape index (κ2) is 7.27. The van der Waals surface area contributed by atoms with Gasteiger partial charge in [0.2, 0.25) is 6.79 Å². The quantitative estimate of drug-likeness (QED) is 0.278. The summed E-state index contributed by atoms with van der Waals surface area (Å²) in [6.07, 6.45) is 3.49. The van der Waals surface area contributed by atoms with Gasteiger partial charge in [0.25, 0.3) is 17.5 Å². The van der Waals surface area contributed by atoms with Crippen molar-refractivity contribution in [3.63, 3.8) is 0 Å². The van der Waals surface area contributed by atoms with Gasteiger partial charge < -0.3 is 9.47 Å². The van der Waals surface area contributed by atoms with E-state index in [-0.39, 0.29) is 29.3 Å². The molecular formula is C24H14N4O6. The number of para-hydroxylation sites is 1. The number of fused-ring (bicyclic) bond motifs is 3. The molecule has 0 bridgehead atoms. The number of hydrogen-bond donors (Lipinski definition) is 1. The van der Waals surface area contributed by atoms with Crippen LogP contribution in [0.4, 0.5) is 11.4 Å². The van der Waals surface area contributed by atoms with E-state index in [1.165, 1.54) is 12.1 Å². The number of ether oxygens (including phenoxy) is 2. The summed E-state index contributed by atoms with van der Waals surface area (Å²) in [5.41, 5.74) is 2.14. The van der Waals surface area contributed by atoms with Gasteiger partial charge >= 0.3 is 0 Å². The second-order valence-corrected chi connectivity index (χ2v) is 7.68. The van der Waals surface area contributed by atoms with Crippen molar-refractivity contribution < 1.29 is 24.0 Å². The molecule has 1 aromatic heterocycles. The molecule has 2 aliphatic heterocycles. The lowest BCUT2D eigenvalue weighted by atomic mass is 10.1. The number of rotatable bonds is 4. The number of anilines is 1. The molecule has 3 heterocycles. The van der Waals surface area contributed by atoms with Crippen LogP contribution in [0.5, 0.6) is 11.5 Å². The predicted molar refractivity (Wildman–Crippen MR) is 122 cm³/mol. The van der Waals surface area contributed by atoms with E-state index in [4.69, 9.17) is 9.47 Å². The average molecular weight is 454 g/mol. The molecule has 0 saturated heterocycles. The van der Waals surface area contributed by atoms with Gasteiger partial charge in [0.15, 0.2) is 11.5 Å². The smallest absolute Gasteiger partial charge is 0.270 e. The Bertz CT molecular complexity index is 1570. The van der Waals surface area contributed by atoms with Crippen LogP contribution in [0.15, 0.2) is 54.6 Å². The first kappa shape index (κ1) is 19.7. The number of H-pyrrole nitrogens is 1. The van der Waals surface area contributed by atoms with Crippen molar-refractivity contribution in [2.75, 3.05) is 11.7 Å². The number of imide groups is 1. The van der Waals surface area contributed by atoms with Crippen LogP contribution in [-0.4, -0.2) is 33.7 Å². The third kappa shape index (κ3) is 2.93. The molecule has 1 N–H and O–H groups in total. The molecular weight excluding hydrogens is 440 g/mol. The molecule has 4 aromatic rings. The van der Waals surface area contributed by atoms with E-state index in [9.17, 15) is 19.7 Å². The topological polar surface area (TPSA) is 128 Å². The number of benzene rings is 3. The first-order valence-electron chi connectivity index (χ1n) is 10.2. The van der Waals surface area contributed by atoms with Gasteiger partial charge in [-0.2, -0.15) is 5.10 Å². The number of hydrogen-bond acceptors (Lipinski definition) is 7. The largest absolute Gasteiger partial charge is 0.454 e. The lowest BCUT2D eigenvalue weighted by Gasteiger charge is -2.17. The molecule has 0 fully saturated rings. The van der Waals surface area contributed by atoms with Crippen LogP contribution in [0.2, 0.25) is 0 Å². The number of non-ortho nitro benzene ring substituents is 1. The highest BCUT2D eigenvalue weighted by Gasteiger charge is 2.39. The fourth-order valence-corrected chi connectivity index (χ4v) is 4.12. The molecule has 3 aromatic carbocycles. The monoisotopic (exact) mass is 454 g/mol. The maximum Gasteiger partial charge on any atom is 0.270 e. The fraction of sp³-hybridized carbons (Fsp3) is 0.0417. The number of nitro benzene ring substituents is 1. The number of aromatic nitrogens is 2. The molecule has 34 heavy (non-hydrogen) atoms. The molecule has 6 rings (SSSR count). The average Bonchev–Trinajstić information content (AvgIpc) is 3.53. The minimum Gasteiger partial charge on any atom is -0.454 e. The number of aromatic amines is 1. The summed E-state index contributed by atoms with van der Waals surface area (Å²) < 4.78 is 10.9. The zero-order valence-electron chi connectivity index (χ0n) is 17.3. The zero-order valence-corrected chi connectivity index (χ0v) is 17.3. The van der Waals surface area contributed by atoms with Crippen LogP contribution in [0.1, 0.15) is 32.0 Å². The van der Waals surface area contributed by atoms with Crippen molar-refractivity contribution in [1.29, 1.82) is 0 Å². The SMILES string of the molecule is O=C1c2ccc([N+](=O)[O-])cc2C(=O)N1c1cc2c(cc1C=Cc1n[nH]c3ccccc13)OCO2. The standard InChI is InChI=1S/C24H14N4O6/c29-23-15-7-6-14(28(31)32)10-17(15)24(30)27(23)20-11-22-21(33-12-34-22)9-13(20)5-8-19-16-3-1-2-4-18(16)25-26-19/h1-11H,12H2,(H,25,26). The minimum atomic E-state index is -0.651. The first-order valence-corrected chi connectivity index (χ1v) is 10.2. The van der Waals surface area contributed by atoms with Crippen molar-refractivity contribution >= 4 is 46.2 Å². The van der Waals surface area contributed by atoms with Crippen LogP contribution < -0.4 is 14.4 Å². The van der Waals surface area contributed by atoms with Crippen LogP contribution in [0.3, 0.4) is 0 Å². The van der Waals surface area contributed by atoms with Crippen LogP contribution >= 0.6 is 0 Å². The third-order valence-corrected chi connectivity index (χ3v) is 5.76. The van der Waals surface area contributed by atoms with E-state index in [2.05, 4.69) is 10.2 Å². The number of carbonyl (C=O) groups is 2.